The highest BCUT2D eigenvalue weighted by molar-refractivity contribution is 7.15. The molecule has 29 heavy (non-hydrogen) atoms. The number of methoxy groups -OCH3 is 1. The van der Waals surface area contributed by atoms with Gasteiger partial charge in [-0.05, 0) is 17.7 Å². The van der Waals surface area contributed by atoms with Crippen molar-refractivity contribution in [3.63, 3.8) is 0 Å². The van der Waals surface area contributed by atoms with Crippen molar-refractivity contribution in [1.29, 1.82) is 0 Å². The lowest BCUT2D eigenvalue weighted by Crippen LogP contribution is -2.20. The van der Waals surface area contributed by atoms with Crippen molar-refractivity contribution in [2.45, 2.75) is 6.42 Å². The van der Waals surface area contributed by atoms with Crippen LogP contribution in [-0.2, 0) is 11.2 Å². The molecule has 0 radical (unpaired) electrons. The maximum absolute atomic E-state index is 12.6. The minimum Gasteiger partial charge on any atom is -0.493 e. The lowest BCUT2D eigenvalue weighted by Gasteiger charge is -2.13. The standard InChI is InChI=1S/C20H18ClN3O4S/c1-27-16-9-13(8-15(21)18(16)28-11-17(22)25)19(26)24-20-23-10-14(29-20)7-12-5-3-2-4-6-12/h2-6,8-10H,7,11H2,1H3,(H2,22,25)(H,23,24,26). The Morgan fingerprint density at radius 3 is 2.69 bits per heavy atom. The average Bonchev–Trinajstić information content (AvgIpc) is 3.13. The molecule has 3 aromatic rings. The molecule has 0 spiro atoms. The fraction of sp³-hybridized carbons (Fsp3) is 0.150. The first-order valence-corrected chi connectivity index (χ1v) is 9.74. The predicted molar refractivity (Wildman–Crippen MR) is 112 cm³/mol. The molecule has 0 aliphatic carbocycles. The quantitative estimate of drug-likeness (QED) is 0.568. The molecule has 0 aliphatic heterocycles. The highest BCUT2D eigenvalue weighted by Gasteiger charge is 2.17. The van der Waals surface area contributed by atoms with Gasteiger partial charge >= 0.3 is 0 Å². The third-order valence-electron chi connectivity index (χ3n) is 3.85. The molecule has 0 fully saturated rings. The summed E-state index contributed by atoms with van der Waals surface area (Å²) in [4.78, 5) is 28.8. The van der Waals surface area contributed by atoms with Crippen molar-refractivity contribution in [3.05, 3.63) is 69.7 Å². The Morgan fingerprint density at radius 1 is 1.24 bits per heavy atom. The van der Waals surface area contributed by atoms with Crippen LogP contribution in [0, 0.1) is 0 Å². The Hall–Kier alpha value is -3.10. The minimum atomic E-state index is -0.653. The summed E-state index contributed by atoms with van der Waals surface area (Å²) < 4.78 is 10.5. The number of hydrogen-bond acceptors (Lipinski definition) is 6. The van der Waals surface area contributed by atoms with E-state index in [-0.39, 0.29) is 28.7 Å². The Labute approximate surface area is 176 Å². The van der Waals surface area contributed by atoms with Gasteiger partial charge in [0.15, 0.2) is 23.2 Å². The molecule has 1 aromatic heterocycles. The van der Waals surface area contributed by atoms with E-state index in [9.17, 15) is 9.59 Å². The van der Waals surface area contributed by atoms with Crippen LogP contribution < -0.4 is 20.5 Å². The van der Waals surface area contributed by atoms with Crippen LogP contribution in [0.5, 0.6) is 11.5 Å². The Bertz CT molecular complexity index is 1020. The first-order chi connectivity index (χ1) is 14.0. The zero-order valence-corrected chi connectivity index (χ0v) is 17.0. The number of carbonyl (C=O) groups excluding carboxylic acids is 2. The maximum atomic E-state index is 12.6. The monoisotopic (exact) mass is 431 g/mol. The van der Waals surface area contributed by atoms with Gasteiger partial charge < -0.3 is 15.2 Å². The molecule has 3 rings (SSSR count). The first kappa shape index (κ1) is 20.6. The molecule has 0 saturated carbocycles. The maximum Gasteiger partial charge on any atom is 0.257 e. The third kappa shape index (κ3) is 5.46. The molecule has 2 amide bonds. The van der Waals surface area contributed by atoms with Gasteiger partial charge in [0, 0.05) is 23.1 Å². The van der Waals surface area contributed by atoms with Crippen LogP contribution in [0.3, 0.4) is 0 Å². The molecule has 0 unspecified atom stereocenters. The normalized spacial score (nSPS) is 10.4. The van der Waals surface area contributed by atoms with Crippen molar-refractivity contribution >= 4 is 39.9 Å². The fourth-order valence-electron chi connectivity index (χ4n) is 2.55. The summed E-state index contributed by atoms with van der Waals surface area (Å²) in [6, 6.07) is 12.9. The number of hydrogen-bond donors (Lipinski definition) is 2. The van der Waals surface area contributed by atoms with Crippen molar-refractivity contribution in [2.24, 2.45) is 5.73 Å². The van der Waals surface area contributed by atoms with Gasteiger partial charge in [0.25, 0.3) is 11.8 Å². The first-order valence-electron chi connectivity index (χ1n) is 8.55. The smallest absolute Gasteiger partial charge is 0.257 e. The number of nitrogens with two attached hydrogens (primary N) is 1. The van der Waals surface area contributed by atoms with Crippen LogP contribution in [0.4, 0.5) is 5.13 Å². The number of benzene rings is 2. The van der Waals surface area contributed by atoms with E-state index in [1.54, 1.807) is 6.20 Å². The molecular formula is C20H18ClN3O4S. The van der Waals surface area contributed by atoms with E-state index in [1.807, 2.05) is 30.3 Å². The second kappa shape index (κ2) is 9.40. The lowest BCUT2D eigenvalue weighted by molar-refractivity contribution is -0.119. The molecule has 0 aliphatic rings. The molecule has 7 nitrogen and oxygen atoms in total. The number of rotatable bonds is 8. The van der Waals surface area contributed by atoms with Crippen molar-refractivity contribution < 1.29 is 19.1 Å². The summed E-state index contributed by atoms with van der Waals surface area (Å²) in [6.07, 6.45) is 2.47. The predicted octanol–water partition coefficient (Wildman–Crippen LogP) is 3.51. The summed E-state index contributed by atoms with van der Waals surface area (Å²) in [6.45, 7) is -0.356. The highest BCUT2D eigenvalue weighted by atomic mass is 35.5. The molecule has 1 heterocycles. The lowest BCUT2D eigenvalue weighted by atomic mass is 10.1. The number of anilines is 1. The zero-order valence-electron chi connectivity index (χ0n) is 15.5. The summed E-state index contributed by atoms with van der Waals surface area (Å²) in [5.74, 6) is -0.691. The van der Waals surface area contributed by atoms with Gasteiger partial charge in [-0.3, -0.25) is 14.9 Å². The van der Waals surface area contributed by atoms with Gasteiger partial charge in [0.05, 0.1) is 12.1 Å². The van der Waals surface area contributed by atoms with Crippen LogP contribution in [0.15, 0.2) is 48.7 Å². The van der Waals surface area contributed by atoms with Crippen LogP contribution in [0.1, 0.15) is 20.8 Å². The van der Waals surface area contributed by atoms with E-state index in [2.05, 4.69) is 10.3 Å². The number of amides is 2. The molecule has 0 bridgehead atoms. The Kier molecular flexibility index (Phi) is 6.69. The largest absolute Gasteiger partial charge is 0.493 e. The number of ether oxygens (including phenoxy) is 2. The van der Waals surface area contributed by atoms with Crippen molar-refractivity contribution in [1.82, 2.24) is 4.98 Å². The third-order valence-corrected chi connectivity index (χ3v) is 5.04. The van der Waals surface area contributed by atoms with E-state index in [0.29, 0.717) is 5.13 Å². The fourth-order valence-corrected chi connectivity index (χ4v) is 3.65. The van der Waals surface area contributed by atoms with Gasteiger partial charge in [-0.15, -0.1) is 11.3 Å². The second-order valence-electron chi connectivity index (χ2n) is 5.99. The van der Waals surface area contributed by atoms with E-state index >= 15 is 0 Å². The van der Waals surface area contributed by atoms with E-state index in [1.165, 1.54) is 30.6 Å². The summed E-state index contributed by atoms with van der Waals surface area (Å²) in [5, 5.41) is 3.35. The minimum absolute atomic E-state index is 0.125. The number of primary amides is 1. The van der Waals surface area contributed by atoms with Crippen LogP contribution in [0.2, 0.25) is 5.02 Å². The molecular weight excluding hydrogens is 414 g/mol. The molecule has 150 valence electrons. The van der Waals surface area contributed by atoms with Crippen LogP contribution in [-0.4, -0.2) is 30.5 Å². The molecule has 9 heteroatoms. The molecule has 2 aromatic carbocycles. The van der Waals surface area contributed by atoms with Gasteiger partial charge in [-0.1, -0.05) is 41.9 Å². The number of halogens is 1. The van der Waals surface area contributed by atoms with Gasteiger partial charge in [0.2, 0.25) is 0 Å². The number of nitrogens with one attached hydrogen (secondary N) is 1. The Morgan fingerprint density at radius 2 is 2.00 bits per heavy atom. The van der Waals surface area contributed by atoms with Gasteiger partial charge in [-0.2, -0.15) is 0 Å². The Balaban J connectivity index is 1.72. The summed E-state index contributed by atoms with van der Waals surface area (Å²) in [5.41, 5.74) is 6.50. The van der Waals surface area contributed by atoms with E-state index < -0.39 is 11.8 Å². The summed E-state index contributed by atoms with van der Waals surface area (Å²) in [7, 11) is 1.40. The number of thiazole rings is 1. The highest BCUT2D eigenvalue weighted by Crippen LogP contribution is 2.36. The van der Waals surface area contributed by atoms with Gasteiger partial charge in [0.1, 0.15) is 0 Å². The van der Waals surface area contributed by atoms with E-state index in [0.717, 1.165) is 16.9 Å². The number of aromatic nitrogens is 1. The number of nitrogens with zero attached hydrogens (tertiary/aromatic N) is 1. The van der Waals surface area contributed by atoms with Crippen LogP contribution >= 0.6 is 22.9 Å². The SMILES string of the molecule is COc1cc(C(=O)Nc2ncc(Cc3ccccc3)s2)cc(Cl)c1OCC(N)=O. The average molecular weight is 432 g/mol. The van der Waals surface area contributed by atoms with Crippen molar-refractivity contribution in [2.75, 3.05) is 19.0 Å². The topological polar surface area (TPSA) is 104 Å². The molecule has 0 saturated heterocycles. The zero-order chi connectivity index (χ0) is 20.8. The molecule has 0 atom stereocenters. The van der Waals surface area contributed by atoms with Crippen molar-refractivity contribution in [3.8, 4) is 11.5 Å². The van der Waals surface area contributed by atoms with E-state index in [4.69, 9.17) is 26.8 Å². The second-order valence-corrected chi connectivity index (χ2v) is 7.52. The van der Waals surface area contributed by atoms with Gasteiger partial charge in [-0.25, -0.2) is 4.98 Å². The molecule has 3 N–H and O–H groups in total. The van der Waals surface area contributed by atoms with Crippen LogP contribution in [0.25, 0.3) is 0 Å². The number of carbonyl (C=O) groups is 2. The summed E-state index contributed by atoms with van der Waals surface area (Å²) >= 11 is 7.58.